The fourth-order valence-electron chi connectivity index (χ4n) is 49.9. The SMILES string of the molecule is COC(=O)c1ccc(CC23C4C5C6C7C8C9C%10C%11C%12C%13C%14C%10C%10C%15C9C9C7C5C5C7C9C%15C9C%15C%10C%14C%10C%14C%13C%13C%12C%12C(C%118)C6C6C%12C8C%13C%11C%14C%12C%10C%15C%10C9C7C(C52)C2(N5CCOCC5)C%10C%12C5C%11C8C(C64)C3C52)c(OC)c1. The van der Waals surface area contributed by atoms with Crippen molar-refractivity contribution in [3.05, 3.63) is 29.3 Å². The monoisotopic (exact) mass is 1040 g/mol. The van der Waals surface area contributed by atoms with Crippen LogP contribution in [0.3, 0.4) is 0 Å². The molecule has 1 aromatic carbocycles. The maximum absolute atomic E-state index is 13.6. The van der Waals surface area contributed by atoms with Crippen molar-refractivity contribution in [2.75, 3.05) is 40.5 Å². The lowest BCUT2D eigenvalue weighted by Crippen LogP contribution is -2.78. The molecular weight excluding hydrogens is 967 g/mol. The molecule has 1 aromatic rings. The number of esters is 1. The fourth-order valence-corrected chi connectivity index (χ4v) is 49.9. The maximum atomic E-state index is 13.6. The Hall–Kier alpha value is -1.59. The summed E-state index contributed by atoms with van der Waals surface area (Å²) in [5.41, 5.74) is 3.15. The molecule has 1 aliphatic heterocycles. The average molecular weight is 1040 g/mol. The summed E-state index contributed by atoms with van der Waals surface area (Å²) in [4.78, 5) is 17.2. The molecule has 32 saturated carbocycles. The molecule has 33 fully saturated rings. The van der Waals surface area contributed by atoms with E-state index in [1.165, 1.54) is 197 Å². The van der Waals surface area contributed by atoms with Gasteiger partial charge in [0.25, 0.3) is 0 Å². The maximum Gasteiger partial charge on any atom is 0.337 e. The molecule has 0 radical (unpaired) electrons. The van der Waals surface area contributed by atoms with E-state index in [2.05, 4.69) is 23.1 Å². The molecule has 0 N–H and O–H groups in total. The molecule has 5 heteroatoms. The van der Waals surface area contributed by atoms with Gasteiger partial charge in [-0.05, 0) is 373 Å². The lowest BCUT2D eigenvalue weighted by atomic mass is 9.33. The smallest absolute Gasteiger partial charge is 0.337 e. The van der Waals surface area contributed by atoms with Crippen LogP contribution in [0, 0.1) is 349 Å². The van der Waals surface area contributed by atoms with Crippen molar-refractivity contribution < 1.29 is 19.0 Å². The number of hydrogen-bond donors (Lipinski definition) is 0. The third-order valence-corrected chi connectivity index (χ3v) is 44.2. The van der Waals surface area contributed by atoms with Crippen LogP contribution in [0.4, 0.5) is 0 Å². The van der Waals surface area contributed by atoms with Crippen LogP contribution >= 0.6 is 0 Å². The van der Waals surface area contributed by atoms with Crippen molar-refractivity contribution in [3.8, 4) is 5.75 Å². The quantitative estimate of drug-likeness (QED) is 0.279. The van der Waals surface area contributed by atoms with Crippen LogP contribution in [0.1, 0.15) is 15.9 Å². The van der Waals surface area contributed by atoms with Gasteiger partial charge in [0.15, 0.2) is 0 Å². The van der Waals surface area contributed by atoms with Gasteiger partial charge in [0.1, 0.15) is 5.75 Å². The van der Waals surface area contributed by atoms with Gasteiger partial charge in [0.05, 0.1) is 33.0 Å². The zero-order chi connectivity index (χ0) is 48.2. The summed E-state index contributed by atoms with van der Waals surface area (Å²) >= 11 is 0. The summed E-state index contributed by atoms with van der Waals surface area (Å²) in [5.74, 6) is 67.3. The van der Waals surface area contributed by atoms with Crippen LogP contribution in [0.25, 0.3) is 0 Å². The van der Waals surface area contributed by atoms with Gasteiger partial charge in [0.2, 0.25) is 0 Å². The Morgan fingerprint density at radius 3 is 1.04 bits per heavy atom. The minimum Gasteiger partial charge on any atom is -0.496 e. The first kappa shape index (κ1) is 37.8. The predicted molar refractivity (Wildman–Crippen MR) is 278 cm³/mol. The Morgan fingerprint density at radius 1 is 0.392 bits per heavy atom. The standard InChI is InChI=1S/C74H77NO4/c1-77-13-9-11(72(76)78-2)3-4-12(13)10-73-66-58-49-42-29-22-16-17-19-15-14-18(16)27(29)33-31-20(14)24-21(15)32-34-28(19)30-23(17)26-25(22)36-44-37(26)46-43(30)50-48(34)52-39(32)41-35(24)40-38(31)51(47(33)49)62(66)64-53(40)54(41)65-63(52)67-59(50)56(46)61-57(44)60(55(58)45(36)42)68(73)70(61)74(67,71(65)69(64)73)75-5-7-79-8-6-75/h3-4,9,14-71H,5-8,10H2,1-2H3. The molecule has 402 valence electrons. The minimum absolute atomic E-state index is 0.177. The summed E-state index contributed by atoms with van der Waals surface area (Å²) in [6.45, 7) is 4.66. The van der Waals surface area contributed by atoms with Gasteiger partial charge in [-0.2, -0.15) is 0 Å². The Morgan fingerprint density at radius 2 is 0.671 bits per heavy atom. The molecule has 1 heterocycles. The lowest BCUT2D eigenvalue weighted by molar-refractivity contribution is -0.267. The molecule has 5 nitrogen and oxygen atoms in total. The Kier molecular flexibility index (Phi) is 4.69. The molecule has 34 rings (SSSR count). The summed E-state index contributed by atoms with van der Waals surface area (Å²) in [6.07, 6.45) is 1.33. The van der Waals surface area contributed by atoms with Crippen molar-refractivity contribution in [1.29, 1.82) is 0 Å². The van der Waals surface area contributed by atoms with Crippen LogP contribution in [0.5, 0.6) is 5.75 Å². The summed E-state index contributed by atoms with van der Waals surface area (Å²) < 4.78 is 19.2. The molecule has 33 aliphatic rings. The number of methoxy groups -OCH3 is 2. The van der Waals surface area contributed by atoms with Gasteiger partial charge in [-0.1, -0.05) is 6.07 Å². The Labute approximate surface area is 463 Å². The number of benzene rings is 1. The average Bonchev–Trinajstić information content (AvgIpc) is 1.43. The number of morpholine rings is 1. The van der Waals surface area contributed by atoms with Gasteiger partial charge in [-0.15, -0.1) is 0 Å². The number of carbonyl (C=O) groups is 1. The Bertz CT molecular complexity index is 3450. The van der Waals surface area contributed by atoms with E-state index in [1.54, 1.807) is 12.7 Å². The van der Waals surface area contributed by atoms with Crippen molar-refractivity contribution >= 4 is 5.97 Å². The van der Waals surface area contributed by atoms with Crippen molar-refractivity contribution in [1.82, 2.24) is 4.90 Å². The van der Waals surface area contributed by atoms with Gasteiger partial charge in [-0.25, -0.2) is 4.79 Å². The highest BCUT2D eigenvalue weighted by atomic mass is 16.5. The molecule has 79 heavy (non-hydrogen) atoms. The van der Waals surface area contributed by atoms with Crippen LogP contribution in [0.15, 0.2) is 18.2 Å². The van der Waals surface area contributed by atoms with E-state index in [4.69, 9.17) is 14.2 Å². The second-order valence-corrected chi connectivity index (χ2v) is 39.5. The predicted octanol–water partition coefficient (Wildman–Crippen LogP) is 8.24. The van der Waals surface area contributed by atoms with Crippen LogP contribution in [-0.2, 0) is 15.9 Å². The van der Waals surface area contributed by atoms with Gasteiger partial charge < -0.3 is 14.2 Å². The van der Waals surface area contributed by atoms with E-state index in [1.807, 2.05) is 7.11 Å². The number of carbonyl (C=O) groups excluding carboxylic acids is 1. The largest absolute Gasteiger partial charge is 0.496 e. The first-order valence-electron chi connectivity index (χ1n) is 36.3. The third-order valence-electron chi connectivity index (χ3n) is 44.2. The van der Waals surface area contributed by atoms with Gasteiger partial charge in [-0.3, -0.25) is 4.90 Å². The van der Waals surface area contributed by atoms with E-state index < -0.39 is 0 Å². The second-order valence-electron chi connectivity index (χ2n) is 39.5. The van der Waals surface area contributed by atoms with Crippen molar-refractivity contribution in [3.63, 3.8) is 0 Å². The van der Waals surface area contributed by atoms with Crippen LogP contribution in [-0.4, -0.2) is 56.9 Å². The summed E-state index contributed by atoms with van der Waals surface area (Å²) in [7, 11) is 3.60. The van der Waals surface area contributed by atoms with E-state index in [-0.39, 0.29) is 5.97 Å². The Balaban J connectivity index is 0.811. The molecular formula is C74H77NO4. The highest BCUT2D eigenvalue weighted by Crippen LogP contribution is 3.07. The van der Waals surface area contributed by atoms with Gasteiger partial charge in [0, 0.05) is 18.6 Å². The zero-order valence-electron chi connectivity index (χ0n) is 45.8. The topological polar surface area (TPSA) is 48.0 Å². The van der Waals surface area contributed by atoms with E-state index in [9.17, 15) is 4.79 Å². The molecule has 60 atom stereocenters. The van der Waals surface area contributed by atoms with E-state index in [0.29, 0.717) is 11.0 Å². The molecule has 0 amide bonds. The highest BCUT2D eigenvalue weighted by Gasteiger charge is 3.05. The first-order chi connectivity index (χ1) is 39.2. The fraction of sp³-hybridized carbons (Fsp3) is 0.905. The zero-order valence-corrected chi connectivity index (χ0v) is 45.8. The molecule has 0 bridgehead atoms. The van der Waals surface area contributed by atoms with E-state index >= 15 is 0 Å². The molecule has 60 unspecified atom stereocenters. The van der Waals surface area contributed by atoms with Crippen LogP contribution in [0.2, 0.25) is 0 Å². The summed E-state index contributed by atoms with van der Waals surface area (Å²) in [6, 6.07) is 7.03. The van der Waals surface area contributed by atoms with Gasteiger partial charge >= 0.3 is 5.97 Å². The molecule has 32 aliphatic carbocycles. The third kappa shape index (κ3) is 2.51. The number of nitrogens with zero attached hydrogens (tertiary/aromatic N) is 1. The molecule has 0 spiro atoms. The molecule has 0 aromatic heterocycles. The number of hydrogen-bond acceptors (Lipinski definition) is 5. The van der Waals surface area contributed by atoms with E-state index in [0.717, 1.165) is 190 Å². The first-order valence-corrected chi connectivity index (χ1v) is 36.3. The molecule has 1 saturated heterocycles. The second kappa shape index (κ2) is 9.81. The van der Waals surface area contributed by atoms with Crippen molar-refractivity contribution in [2.45, 2.75) is 12.0 Å². The minimum atomic E-state index is -0.177. The van der Waals surface area contributed by atoms with Crippen LogP contribution < -0.4 is 4.74 Å². The highest BCUT2D eigenvalue weighted by molar-refractivity contribution is 5.90. The number of rotatable bonds is 5. The van der Waals surface area contributed by atoms with Crippen molar-refractivity contribution in [2.24, 2.45) is 349 Å². The lowest BCUT2D eigenvalue weighted by Gasteiger charge is -2.74. The normalized spacial score (nSPS) is 88.0. The summed E-state index contributed by atoms with van der Waals surface area (Å²) in [5, 5.41) is 0. The number of ether oxygens (including phenoxy) is 3.